The van der Waals surface area contributed by atoms with Gasteiger partial charge >= 0.3 is 5.97 Å². The first-order valence-electron chi connectivity index (χ1n) is 18.4. The van der Waals surface area contributed by atoms with Crippen molar-refractivity contribution in [3.8, 4) is 5.75 Å². The van der Waals surface area contributed by atoms with Crippen molar-refractivity contribution in [3.63, 3.8) is 0 Å². The highest BCUT2D eigenvalue weighted by atomic mass is 16.5. The van der Waals surface area contributed by atoms with E-state index in [0.717, 1.165) is 50.8 Å². The van der Waals surface area contributed by atoms with Gasteiger partial charge in [-0.05, 0) is 74.4 Å². The number of hydrogen-bond acceptors (Lipinski definition) is 12. The number of anilines is 2. The molecule has 5 N–H and O–H groups in total. The van der Waals surface area contributed by atoms with Crippen molar-refractivity contribution in [2.24, 2.45) is 22.1 Å². The molecular weight excluding hydrogens is 660 g/mol. The van der Waals surface area contributed by atoms with Crippen molar-refractivity contribution in [3.05, 3.63) is 71.4 Å². The third kappa shape index (κ3) is 7.08. The van der Waals surface area contributed by atoms with Gasteiger partial charge in [0.2, 0.25) is 5.95 Å². The molecule has 4 fully saturated rings. The Labute approximate surface area is 304 Å². The average molecular weight is 711 g/mol. The van der Waals surface area contributed by atoms with E-state index in [1.54, 1.807) is 37.4 Å². The van der Waals surface area contributed by atoms with Gasteiger partial charge < -0.3 is 45.5 Å². The fraction of sp³-hybridized carbons (Fsp3) is 0.526. The molecule has 4 aliphatic rings. The minimum absolute atomic E-state index is 0.0562. The molecule has 1 spiro atoms. The molecule has 1 aromatic carbocycles. The van der Waals surface area contributed by atoms with E-state index in [2.05, 4.69) is 29.7 Å². The summed E-state index contributed by atoms with van der Waals surface area (Å²) in [4.78, 5) is 34.7. The summed E-state index contributed by atoms with van der Waals surface area (Å²) in [6, 6.07) is 9.25. The number of carboxylic acid groups (broad SMARTS) is 1. The maximum atomic E-state index is 11.7. The number of benzene rings is 1. The van der Waals surface area contributed by atoms with E-state index in [-0.39, 0.29) is 17.4 Å². The lowest BCUT2D eigenvalue weighted by Crippen LogP contribution is -2.67. The normalized spacial score (nSPS) is 21.0. The summed E-state index contributed by atoms with van der Waals surface area (Å²) in [6.45, 7) is 10.6. The number of carbonyl (C=O) groups is 1. The van der Waals surface area contributed by atoms with Crippen molar-refractivity contribution in [1.82, 2.24) is 24.9 Å². The van der Waals surface area contributed by atoms with E-state index in [1.807, 2.05) is 32.3 Å². The Balaban J connectivity index is 0.862. The van der Waals surface area contributed by atoms with Crippen LogP contribution >= 0.6 is 0 Å². The van der Waals surface area contributed by atoms with E-state index < -0.39 is 11.9 Å². The Bertz CT molecular complexity index is 1810. The molecule has 276 valence electrons. The number of piperidine rings is 1. The van der Waals surface area contributed by atoms with E-state index in [4.69, 9.17) is 25.6 Å². The fourth-order valence-corrected chi connectivity index (χ4v) is 8.50. The van der Waals surface area contributed by atoms with Gasteiger partial charge in [-0.3, -0.25) is 9.79 Å². The fourth-order valence-electron chi connectivity index (χ4n) is 8.50. The van der Waals surface area contributed by atoms with E-state index in [1.165, 1.54) is 18.4 Å². The molecule has 52 heavy (non-hydrogen) atoms. The highest BCUT2D eigenvalue weighted by molar-refractivity contribution is 6.12. The summed E-state index contributed by atoms with van der Waals surface area (Å²) in [7, 11) is 1.64. The minimum Gasteiger partial charge on any atom is -0.507 e. The van der Waals surface area contributed by atoms with Crippen LogP contribution in [0.15, 0.2) is 64.0 Å². The lowest BCUT2D eigenvalue weighted by atomic mass is 9.60. The van der Waals surface area contributed by atoms with E-state index >= 15 is 0 Å². The standard InChI is InChI=1S/C38H50N10O4/c1-24(2)34(36(50)51)32-17-33(44-52-32)48-22-38(23-48)18-27(19-38)45-10-8-25(9-11-45)26-20-42-37(43-21-26)47-14-12-46(13-15-47)30(35(40)41-3)16-29(39)28-6-4-5-7-31(28)49/h4-7,16-17,20-21,24-25,27,34,39,49H,8-15,18-19,22-23H2,1-3H3,(H2,40,41)(H,50,51)/b30-16+,39-29?. The van der Waals surface area contributed by atoms with Gasteiger partial charge in [0.15, 0.2) is 11.6 Å². The number of aromatic hydroxyl groups is 1. The Morgan fingerprint density at radius 2 is 1.73 bits per heavy atom. The van der Waals surface area contributed by atoms with Crippen LogP contribution in [-0.2, 0) is 4.79 Å². The zero-order chi connectivity index (χ0) is 36.6. The van der Waals surface area contributed by atoms with Crippen LogP contribution in [0.2, 0.25) is 0 Å². The smallest absolute Gasteiger partial charge is 0.314 e. The molecule has 1 aliphatic carbocycles. The molecule has 0 bridgehead atoms. The van der Waals surface area contributed by atoms with Crippen LogP contribution in [0.1, 0.15) is 68.3 Å². The number of nitrogens with zero attached hydrogens (tertiary/aromatic N) is 8. The van der Waals surface area contributed by atoms with Crippen molar-refractivity contribution < 1.29 is 19.5 Å². The van der Waals surface area contributed by atoms with Crippen molar-refractivity contribution >= 4 is 29.3 Å². The number of aliphatic imine (C=N–C) groups is 1. The number of piperazine rings is 1. The van der Waals surface area contributed by atoms with Gasteiger partial charge in [-0.1, -0.05) is 31.1 Å². The Hall–Kier alpha value is -4.98. The maximum absolute atomic E-state index is 11.7. The van der Waals surface area contributed by atoms with E-state index in [0.29, 0.717) is 66.4 Å². The first-order valence-corrected chi connectivity index (χ1v) is 18.4. The number of phenolic OH excluding ortho intramolecular Hbond substituents is 1. The quantitative estimate of drug-likeness (QED) is 0.167. The molecule has 1 unspecified atom stereocenters. The lowest BCUT2D eigenvalue weighted by molar-refractivity contribution is -0.140. The minimum atomic E-state index is -0.876. The first-order chi connectivity index (χ1) is 25.0. The molecule has 1 saturated carbocycles. The van der Waals surface area contributed by atoms with Gasteiger partial charge in [-0.25, -0.2) is 9.97 Å². The number of likely N-dealkylation sites (tertiary alicyclic amines) is 1. The van der Waals surface area contributed by atoms with Gasteiger partial charge in [0.1, 0.15) is 17.5 Å². The summed E-state index contributed by atoms with van der Waals surface area (Å²) in [5.41, 5.74) is 9.10. The number of carboxylic acids is 1. The number of allylic oxidation sites excluding steroid dienone is 1. The molecular formula is C38H50N10O4. The molecule has 0 radical (unpaired) electrons. The first kappa shape index (κ1) is 35.4. The molecule has 1 atom stereocenters. The molecule has 7 rings (SSSR count). The van der Waals surface area contributed by atoms with Crippen LogP contribution in [-0.4, -0.2) is 118 Å². The second-order valence-electron chi connectivity index (χ2n) is 15.2. The number of hydrogen-bond donors (Lipinski definition) is 4. The highest BCUT2D eigenvalue weighted by Crippen LogP contribution is 2.52. The number of aromatic nitrogens is 3. The van der Waals surface area contributed by atoms with Crippen molar-refractivity contribution in [2.75, 3.05) is 69.2 Å². The zero-order valence-electron chi connectivity index (χ0n) is 30.3. The molecule has 3 aromatic rings. The predicted molar refractivity (Wildman–Crippen MR) is 199 cm³/mol. The van der Waals surface area contributed by atoms with Gasteiger partial charge in [-0.2, -0.15) is 0 Å². The number of para-hydroxylation sites is 1. The van der Waals surface area contributed by atoms with Crippen LogP contribution in [0.4, 0.5) is 11.8 Å². The zero-order valence-corrected chi connectivity index (χ0v) is 30.3. The van der Waals surface area contributed by atoms with Gasteiger partial charge in [-0.15, -0.1) is 0 Å². The van der Waals surface area contributed by atoms with Crippen LogP contribution in [0.5, 0.6) is 5.75 Å². The van der Waals surface area contributed by atoms with Crippen LogP contribution in [0.25, 0.3) is 0 Å². The number of nitrogens with one attached hydrogen (secondary N) is 1. The third-order valence-electron chi connectivity index (χ3n) is 11.5. The SMILES string of the molecule is CN=C(N)/C(=C\C(=N)c1ccccc1O)N1CCN(c2ncc(C3CCN(C4CC5(C4)CN(c4cc(C(C(=O)O)C(C)C)on4)C5)CC3)cn2)CC1. The summed E-state index contributed by atoms with van der Waals surface area (Å²) >= 11 is 0. The van der Waals surface area contributed by atoms with Crippen LogP contribution in [0, 0.1) is 16.7 Å². The number of aliphatic carboxylic acids is 1. The molecule has 0 amide bonds. The Kier molecular flexibility index (Phi) is 9.92. The van der Waals surface area contributed by atoms with Crippen LogP contribution in [0.3, 0.4) is 0 Å². The van der Waals surface area contributed by atoms with Gasteiger partial charge in [0.05, 0.1) is 11.4 Å². The second kappa shape index (κ2) is 14.6. The second-order valence-corrected chi connectivity index (χ2v) is 15.2. The molecule has 2 aromatic heterocycles. The summed E-state index contributed by atoms with van der Waals surface area (Å²) in [6.07, 6.45) is 10.3. The van der Waals surface area contributed by atoms with Crippen LogP contribution < -0.4 is 15.5 Å². The molecule has 3 aliphatic heterocycles. The lowest BCUT2D eigenvalue weighted by Gasteiger charge is -2.61. The Morgan fingerprint density at radius 3 is 2.35 bits per heavy atom. The average Bonchev–Trinajstić information content (AvgIpc) is 3.58. The summed E-state index contributed by atoms with van der Waals surface area (Å²) < 4.78 is 5.46. The molecule has 14 heteroatoms. The number of amidine groups is 1. The molecule has 14 nitrogen and oxygen atoms in total. The largest absolute Gasteiger partial charge is 0.507 e. The number of rotatable bonds is 11. The van der Waals surface area contributed by atoms with Gasteiger partial charge in [0.25, 0.3) is 0 Å². The molecule has 5 heterocycles. The number of nitrogens with two attached hydrogens (primary N) is 1. The predicted octanol–water partition coefficient (Wildman–Crippen LogP) is 3.90. The van der Waals surface area contributed by atoms with Crippen molar-refractivity contribution in [2.45, 2.75) is 57.4 Å². The topological polar surface area (TPSA) is 185 Å². The maximum Gasteiger partial charge on any atom is 0.314 e. The Morgan fingerprint density at radius 1 is 1.06 bits per heavy atom. The third-order valence-corrected chi connectivity index (χ3v) is 11.5. The summed E-state index contributed by atoms with van der Waals surface area (Å²) in [5.74, 6) is 1.16. The van der Waals surface area contributed by atoms with Gasteiger partial charge in [0, 0.05) is 81.8 Å². The number of phenols is 1. The van der Waals surface area contributed by atoms with Crippen molar-refractivity contribution in [1.29, 1.82) is 5.41 Å². The van der Waals surface area contributed by atoms with E-state index in [9.17, 15) is 15.0 Å². The highest BCUT2D eigenvalue weighted by Gasteiger charge is 2.54. The summed E-state index contributed by atoms with van der Waals surface area (Å²) in [5, 5.41) is 32.6. The molecule has 3 saturated heterocycles. The monoisotopic (exact) mass is 710 g/mol.